The molecule has 0 aliphatic carbocycles. The average molecular weight is 142 g/mol. The molecule has 0 unspecified atom stereocenters. The lowest BCUT2D eigenvalue weighted by atomic mass is 10.1. The Kier molecular flexibility index (Phi) is 2.06. The number of carbonyl (C=O) groups is 1. The van der Waals surface area contributed by atoms with Gasteiger partial charge in [0.15, 0.2) is 6.10 Å². The van der Waals surface area contributed by atoms with Crippen LogP contribution >= 0.6 is 0 Å². The van der Waals surface area contributed by atoms with E-state index in [1.807, 2.05) is 0 Å². The van der Waals surface area contributed by atoms with Crippen molar-refractivity contribution < 1.29 is 14.6 Å². The van der Waals surface area contributed by atoms with Gasteiger partial charge in [0.25, 0.3) is 0 Å². The molecule has 10 heavy (non-hydrogen) atoms. The zero-order valence-corrected chi connectivity index (χ0v) is 5.62. The molecule has 1 N–H and O–H groups in total. The Morgan fingerprint density at radius 2 is 2.60 bits per heavy atom. The fourth-order valence-electron chi connectivity index (χ4n) is 0.966. The first-order chi connectivity index (χ1) is 4.74. The summed E-state index contributed by atoms with van der Waals surface area (Å²) in [5.41, 5.74) is 0. The highest BCUT2D eigenvalue weighted by molar-refractivity contribution is 5.76. The predicted octanol–water partition coefficient (Wildman–Crippen LogP) is 0.239. The van der Waals surface area contributed by atoms with Gasteiger partial charge >= 0.3 is 5.97 Å². The zero-order valence-electron chi connectivity index (χ0n) is 5.62. The first kappa shape index (κ1) is 7.28. The number of aliphatic hydroxyl groups excluding tert-OH is 1. The standard InChI is InChI=1S/C7H10O3/c1-2-3-5-4-6(8)7(9)10-5/h2,5-6,8H,1,3-4H2/t5-,6+/m1/s1. The summed E-state index contributed by atoms with van der Waals surface area (Å²) in [4.78, 5) is 10.6. The van der Waals surface area contributed by atoms with Gasteiger partial charge in [0.2, 0.25) is 0 Å². The molecule has 56 valence electrons. The lowest BCUT2D eigenvalue weighted by molar-refractivity contribution is -0.147. The summed E-state index contributed by atoms with van der Waals surface area (Å²) >= 11 is 0. The van der Waals surface area contributed by atoms with E-state index < -0.39 is 12.1 Å². The molecular weight excluding hydrogens is 132 g/mol. The number of cyclic esters (lactones) is 1. The molecule has 1 saturated heterocycles. The van der Waals surface area contributed by atoms with E-state index in [0.29, 0.717) is 12.8 Å². The molecule has 1 aliphatic rings. The molecule has 3 heteroatoms. The Bertz CT molecular complexity index is 153. The van der Waals surface area contributed by atoms with Crippen LogP contribution in [0.4, 0.5) is 0 Å². The van der Waals surface area contributed by atoms with Gasteiger partial charge < -0.3 is 9.84 Å². The first-order valence-corrected chi connectivity index (χ1v) is 3.23. The lowest BCUT2D eigenvalue weighted by Gasteiger charge is -2.02. The fourth-order valence-corrected chi connectivity index (χ4v) is 0.966. The zero-order chi connectivity index (χ0) is 7.56. The Morgan fingerprint density at radius 1 is 1.90 bits per heavy atom. The van der Waals surface area contributed by atoms with E-state index in [0.717, 1.165) is 0 Å². The minimum Gasteiger partial charge on any atom is -0.460 e. The minimum atomic E-state index is -0.912. The Balaban J connectivity index is 2.41. The predicted molar refractivity (Wildman–Crippen MR) is 35.3 cm³/mol. The number of hydrogen-bond acceptors (Lipinski definition) is 3. The highest BCUT2D eigenvalue weighted by atomic mass is 16.6. The van der Waals surface area contributed by atoms with Crippen molar-refractivity contribution >= 4 is 5.97 Å². The molecule has 1 aliphatic heterocycles. The van der Waals surface area contributed by atoms with Gasteiger partial charge in [-0.15, -0.1) is 6.58 Å². The second kappa shape index (κ2) is 2.84. The molecule has 0 aromatic heterocycles. The van der Waals surface area contributed by atoms with E-state index in [9.17, 15) is 4.79 Å². The summed E-state index contributed by atoms with van der Waals surface area (Å²) in [6.07, 6.45) is 1.65. The first-order valence-electron chi connectivity index (χ1n) is 3.23. The van der Waals surface area contributed by atoms with Crippen LogP contribution in [0.5, 0.6) is 0 Å². The topological polar surface area (TPSA) is 46.5 Å². The van der Waals surface area contributed by atoms with Crippen molar-refractivity contribution in [3.63, 3.8) is 0 Å². The van der Waals surface area contributed by atoms with Gasteiger partial charge in [0.1, 0.15) is 6.10 Å². The highest BCUT2D eigenvalue weighted by Gasteiger charge is 2.31. The molecule has 2 atom stereocenters. The van der Waals surface area contributed by atoms with Gasteiger partial charge in [-0.1, -0.05) is 6.08 Å². The highest BCUT2D eigenvalue weighted by Crippen LogP contribution is 2.17. The average Bonchev–Trinajstić information content (AvgIpc) is 2.14. The van der Waals surface area contributed by atoms with Gasteiger partial charge in [-0.3, -0.25) is 0 Å². The van der Waals surface area contributed by atoms with Crippen LogP contribution in [0.3, 0.4) is 0 Å². The summed E-state index contributed by atoms with van der Waals surface area (Å²) in [6, 6.07) is 0. The quantitative estimate of drug-likeness (QED) is 0.443. The van der Waals surface area contributed by atoms with Gasteiger partial charge in [0, 0.05) is 12.8 Å². The summed E-state index contributed by atoms with van der Waals surface area (Å²) in [6.45, 7) is 3.50. The molecule has 0 saturated carbocycles. The fraction of sp³-hybridized carbons (Fsp3) is 0.571. The Hall–Kier alpha value is -0.830. The van der Waals surface area contributed by atoms with Crippen molar-refractivity contribution in [2.45, 2.75) is 25.0 Å². The van der Waals surface area contributed by atoms with E-state index in [1.54, 1.807) is 6.08 Å². The van der Waals surface area contributed by atoms with Gasteiger partial charge in [0.05, 0.1) is 0 Å². The third-order valence-corrected chi connectivity index (χ3v) is 1.47. The van der Waals surface area contributed by atoms with Gasteiger partial charge in [-0.05, 0) is 0 Å². The third kappa shape index (κ3) is 1.36. The normalized spacial score (nSPS) is 31.9. The largest absolute Gasteiger partial charge is 0.460 e. The second-order valence-corrected chi connectivity index (χ2v) is 2.33. The van der Waals surface area contributed by atoms with Crippen molar-refractivity contribution in [1.29, 1.82) is 0 Å². The Morgan fingerprint density at radius 3 is 3.00 bits per heavy atom. The number of ether oxygens (including phenoxy) is 1. The van der Waals surface area contributed by atoms with E-state index in [1.165, 1.54) is 0 Å². The molecular formula is C7H10O3. The number of esters is 1. The number of rotatable bonds is 2. The number of carbonyl (C=O) groups excluding carboxylic acids is 1. The molecule has 0 spiro atoms. The maximum atomic E-state index is 10.6. The monoisotopic (exact) mass is 142 g/mol. The molecule has 0 aromatic carbocycles. The van der Waals surface area contributed by atoms with Crippen LogP contribution in [0.15, 0.2) is 12.7 Å². The minimum absolute atomic E-state index is 0.153. The lowest BCUT2D eigenvalue weighted by Crippen LogP contribution is -2.11. The van der Waals surface area contributed by atoms with Crippen LogP contribution in [-0.4, -0.2) is 23.3 Å². The van der Waals surface area contributed by atoms with Crippen molar-refractivity contribution in [2.75, 3.05) is 0 Å². The van der Waals surface area contributed by atoms with Crippen molar-refractivity contribution in [3.05, 3.63) is 12.7 Å². The molecule has 3 nitrogen and oxygen atoms in total. The van der Waals surface area contributed by atoms with Crippen LogP contribution < -0.4 is 0 Å². The second-order valence-electron chi connectivity index (χ2n) is 2.33. The summed E-state index contributed by atoms with van der Waals surface area (Å²) < 4.78 is 4.75. The number of hydrogen-bond donors (Lipinski definition) is 1. The van der Waals surface area contributed by atoms with E-state index in [-0.39, 0.29) is 6.10 Å². The van der Waals surface area contributed by atoms with E-state index >= 15 is 0 Å². The summed E-state index contributed by atoms with van der Waals surface area (Å²) in [5, 5.41) is 8.89. The smallest absolute Gasteiger partial charge is 0.335 e. The number of aliphatic hydroxyl groups is 1. The molecule has 1 heterocycles. The van der Waals surface area contributed by atoms with Crippen LogP contribution in [-0.2, 0) is 9.53 Å². The maximum Gasteiger partial charge on any atom is 0.335 e. The van der Waals surface area contributed by atoms with Crippen LogP contribution in [0.25, 0.3) is 0 Å². The molecule has 1 fully saturated rings. The van der Waals surface area contributed by atoms with Crippen molar-refractivity contribution in [2.24, 2.45) is 0 Å². The third-order valence-electron chi connectivity index (χ3n) is 1.47. The summed E-state index contributed by atoms with van der Waals surface area (Å²) in [5.74, 6) is -0.508. The van der Waals surface area contributed by atoms with E-state index in [4.69, 9.17) is 9.84 Å². The van der Waals surface area contributed by atoms with Crippen LogP contribution in [0, 0.1) is 0 Å². The van der Waals surface area contributed by atoms with Crippen molar-refractivity contribution in [3.8, 4) is 0 Å². The maximum absolute atomic E-state index is 10.6. The Labute approximate surface area is 59.3 Å². The molecule has 0 bridgehead atoms. The summed E-state index contributed by atoms with van der Waals surface area (Å²) in [7, 11) is 0. The van der Waals surface area contributed by atoms with Gasteiger partial charge in [-0.2, -0.15) is 0 Å². The molecule has 0 radical (unpaired) electrons. The van der Waals surface area contributed by atoms with Gasteiger partial charge in [-0.25, -0.2) is 4.79 Å². The molecule has 0 amide bonds. The van der Waals surface area contributed by atoms with Crippen LogP contribution in [0.2, 0.25) is 0 Å². The van der Waals surface area contributed by atoms with Crippen LogP contribution in [0.1, 0.15) is 12.8 Å². The SMILES string of the molecule is C=CC[C@@H]1C[C@H](O)C(=O)O1. The molecule has 0 aromatic rings. The van der Waals surface area contributed by atoms with Crippen molar-refractivity contribution in [1.82, 2.24) is 0 Å². The molecule has 1 rings (SSSR count). The van der Waals surface area contributed by atoms with E-state index in [2.05, 4.69) is 6.58 Å².